The molecule has 1 amide bonds. The number of aryl methyl sites for hydroxylation is 1. The highest BCUT2D eigenvalue weighted by Crippen LogP contribution is 2.28. The molecule has 1 atom stereocenters. The van der Waals surface area contributed by atoms with Gasteiger partial charge in [-0.05, 0) is 51.0 Å². The van der Waals surface area contributed by atoms with Crippen LogP contribution in [0.5, 0.6) is 5.75 Å². The van der Waals surface area contributed by atoms with Gasteiger partial charge in [0.2, 0.25) is 5.89 Å². The standard InChI is InChI=1S/C18H22ClN3O3/c1-12-20-16(21-25-12)13-5-4-10-22(11-13)17(23)18(2,3)24-15-8-6-14(19)7-9-15/h6-9,13H,4-5,10-11H2,1-3H3/t13-/m1/s1. The van der Waals surface area contributed by atoms with Gasteiger partial charge in [0.15, 0.2) is 11.4 Å². The first kappa shape index (κ1) is 17.7. The number of halogens is 1. The third-order valence-corrected chi connectivity index (χ3v) is 4.57. The zero-order valence-corrected chi connectivity index (χ0v) is 15.4. The van der Waals surface area contributed by atoms with Crippen LogP contribution in [0.3, 0.4) is 0 Å². The highest BCUT2D eigenvalue weighted by Gasteiger charge is 2.37. The molecule has 2 aromatic rings. The van der Waals surface area contributed by atoms with Crippen molar-refractivity contribution in [1.29, 1.82) is 0 Å². The zero-order chi connectivity index (χ0) is 18.0. The Bertz CT molecular complexity index is 742. The van der Waals surface area contributed by atoms with Crippen LogP contribution < -0.4 is 4.74 Å². The third-order valence-electron chi connectivity index (χ3n) is 4.32. The lowest BCUT2D eigenvalue weighted by atomic mass is 9.95. The van der Waals surface area contributed by atoms with Gasteiger partial charge in [0, 0.05) is 31.0 Å². The van der Waals surface area contributed by atoms with Gasteiger partial charge in [0.1, 0.15) is 5.75 Å². The number of carbonyl (C=O) groups excluding carboxylic acids is 1. The van der Waals surface area contributed by atoms with Crippen molar-refractivity contribution < 1.29 is 14.1 Å². The van der Waals surface area contributed by atoms with Crippen LogP contribution in [-0.2, 0) is 4.79 Å². The van der Waals surface area contributed by atoms with Crippen LogP contribution in [-0.4, -0.2) is 39.6 Å². The number of nitrogens with zero attached hydrogens (tertiary/aromatic N) is 3. The SMILES string of the molecule is Cc1nc([C@@H]2CCCN(C(=O)C(C)(C)Oc3ccc(Cl)cc3)C2)no1. The van der Waals surface area contributed by atoms with Crippen molar-refractivity contribution in [3.05, 3.63) is 41.0 Å². The molecule has 6 nitrogen and oxygen atoms in total. The molecule has 0 aliphatic carbocycles. The van der Waals surface area contributed by atoms with E-state index in [0.717, 1.165) is 12.8 Å². The number of likely N-dealkylation sites (tertiary alicyclic amines) is 1. The average Bonchev–Trinajstić information content (AvgIpc) is 3.03. The van der Waals surface area contributed by atoms with Crippen molar-refractivity contribution in [3.8, 4) is 5.75 Å². The van der Waals surface area contributed by atoms with E-state index in [-0.39, 0.29) is 11.8 Å². The van der Waals surface area contributed by atoms with Gasteiger partial charge in [-0.1, -0.05) is 16.8 Å². The van der Waals surface area contributed by atoms with Gasteiger partial charge in [0.05, 0.1) is 0 Å². The minimum absolute atomic E-state index is 0.0487. The first-order valence-electron chi connectivity index (χ1n) is 8.39. The first-order chi connectivity index (χ1) is 11.8. The van der Waals surface area contributed by atoms with Crippen molar-refractivity contribution in [2.75, 3.05) is 13.1 Å². The molecule has 3 rings (SSSR count). The van der Waals surface area contributed by atoms with E-state index in [4.69, 9.17) is 20.9 Å². The second kappa shape index (κ2) is 7.04. The lowest BCUT2D eigenvalue weighted by Crippen LogP contribution is -2.51. The fourth-order valence-corrected chi connectivity index (χ4v) is 3.20. The van der Waals surface area contributed by atoms with Crippen molar-refractivity contribution in [2.24, 2.45) is 0 Å². The largest absolute Gasteiger partial charge is 0.478 e. The number of ether oxygens (including phenoxy) is 1. The number of benzene rings is 1. The number of aromatic nitrogens is 2. The summed E-state index contributed by atoms with van der Waals surface area (Å²) in [7, 11) is 0. The van der Waals surface area contributed by atoms with Crippen molar-refractivity contribution in [1.82, 2.24) is 15.0 Å². The number of hydrogen-bond acceptors (Lipinski definition) is 5. The lowest BCUT2D eigenvalue weighted by molar-refractivity contribution is -0.146. The van der Waals surface area contributed by atoms with Crippen molar-refractivity contribution in [3.63, 3.8) is 0 Å². The molecular formula is C18H22ClN3O3. The molecule has 1 saturated heterocycles. The van der Waals surface area contributed by atoms with Gasteiger partial charge in [-0.3, -0.25) is 4.79 Å². The minimum Gasteiger partial charge on any atom is -0.478 e. The molecule has 0 bridgehead atoms. The Morgan fingerprint density at radius 2 is 2.08 bits per heavy atom. The Hall–Kier alpha value is -2.08. The molecule has 0 N–H and O–H groups in total. The molecule has 1 aromatic heterocycles. The van der Waals surface area contributed by atoms with Crippen LogP contribution in [0.2, 0.25) is 5.02 Å². The van der Waals surface area contributed by atoms with E-state index in [0.29, 0.717) is 35.6 Å². The van der Waals surface area contributed by atoms with E-state index in [1.54, 1.807) is 45.0 Å². The molecule has 25 heavy (non-hydrogen) atoms. The van der Waals surface area contributed by atoms with Gasteiger partial charge < -0.3 is 14.2 Å². The summed E-state index contributed by atoms with van der Waals surface area (Å²) in [6, 6.07) is 7.01. The summed E-state index contributed by atoms with van der Waals surface area (Å²) in [6.45, 7) is 6.62. The van der Waals surface area contributed by atoms with E-state index < -0.39 is 5.60 Å². The maximum absolute atomic E-state index is 13.0. The Labute approximate surface area is 152 Å². The second-order valence-electron chi connectivity index (χ2n) is 6.83. The number of hydrogen-bond donors (Lipinski definition) is 0. The Kier molecular flexibility index (Phi) is 4.99. The summed E-state index contributed by atoms with van der Waals surface area (Å²) in [5.41, 5.74) is -0.969. The second-order valence-corrected chi connectivity index (χ2v) is 7.26. The van der Waals surface area contributed by atoms with Gasteiger partial charge in [-0.2, -0.15) is 4.98 Å². The molecule has 1 fully saturated rings. The van der Waals surface area contributed by atoms with Crippen molar-refractivity contribution in [2.45, 2.75) is 45.1 Å². The maximum atomic E-state index is 13.0. The van der Waals surface area contributed by atoms with Gasteiger partial charge >= 0.3 is 0 Å². The zero-order valence-electron chi connectivity index (χ0n) is 14.7. The fraction of sp³-hybridized carbons (Fsp3) is 0.500. The molecule has 0 unspecified atom stereocenters. The van der Waals surface area contributed by atoms with E-state index in [1.807, 2.05) is 4.90 Å². The number of piperidine rings is 1. The predicted octanol–water partition coefficient (Wildman–Crippen LogP) is 3.60. The fourth-order valence-electron chi connectivity index (χ4n) is 3.07. The number of rotatable bonds is 4. The average molecular weight is 364 g/mol. The Morgan fingerprint density at radius 3 is 2.72 bits per heavy atom. The molecule has 1 aliphatic heterocycles. The Balaban J connectivity index is 1.69. The topological polar surface area (TPSA) is 68.5 Å². The smallest absolute Gasteiger partial charge is 0.266 e. The molecule has 1 aromatic carbocycles. The van der Waals surface area contributed by atoms with Crippen LogP contribution in [0.15, 0.2) is 28.8 Å². The summed E-state index contributed by atoms with van der Waals surface area (Å²) < 4.78 is 11.0. The van der Waals surface area contributed by atoms with E-state index in [2.05, 4.69) is 10.1 Å². The van der Waals surface area contributed by atoms with Crippen molar-refractivity contribution >= 4 is 17.5 Å². The normalized spacial score (nSPS) is 18.2. The monoisotopic (exact) mass is 363 g/mol. The molecule has 134 valence electrons. The predicted molar refractivity (Wildman–Crippen MR) is 93.7 cm³/mol. The highest BCUT2D eigenvalue weighted by atomic mass is 35.5. The molecule has 0 saturated carbocycles. The van der Waals surface area contributed by atoms with Crippen LogP contribution in [0.25, 0.3) is 0 Å². The summed E-state index contributed by atoms with van der Waals surface area (Å²) in [5.74, 6) is 1.88. The van der Waals surface area contributed by atoms with Crippen LogP contribution >= 0.6 is 11.6 Å². The minimum atomic E-state index is -0.969. The number of carbonyl (C=O) groups is 1. The van der Waals surface area contributed by atoms with Crippen LogP contribution in [0.4, 0.5) is 0 Å². The van der Waals surface area contributed by atoms with Gasteiger partial charge in [0.25, 0.3) is 5.91 Å². The lowest BCUT2D eigenvalue weighted by Gasteiger charge is -2.36. The summed E-state index contributed by atoms with van der Waals surface area (Å²) in [4.78, 5) is 19.1. The maximum Gasteiger partial charge on any atom is 0.266 e. The van der Waals surface area contributed by atoms with Crippen LogP contribution in [0.1, 0.15) is 44.3 Å². The summed E-state index contributed by atoms with van der Waals surface area (Å²) in [6.07, 6.45) is 1.85. The molecular weight excluding hydrogens is 342 g/mol. The van der Waals surface area contributed by atoms with Gasteiger partial charge in [-0.15, -0.1) is 0 Å². The quantitative estimate of drug-likeness (QED) is 0.830. The third kappa shape index (κ3) is 4.12. The molecule has 0 spiro atoms. The Morgan fingerprint density at radius 1 is 1.36 bits per heavy atom. The van der Waals surface area contributed by atoms with Crippen LogP contribution in [0, 0.1) is 6.92 Å². The highest BCUT2D eigenvalue weighted by molar-refractivity contribution is 6.30. The summed E-state index contributed by atoms with van der Waals surface area (Å²) >= 11 is 5.89. The molecule has 2 heterocycles. The van der Waals surface area contributed by atoms with E-state index >= 15 is 0 Å². The summed E-state index contributed by atoms with van der Waals surface area (Å²) in [5, 5.41) is 4.63. The van der Waals surface area contributed by atoms with E-state index in [9.17, 15) is 4.79 Å². The number of amides is 1. The van der Waals surface area contributed by atoms with E-state index in [1.165, 1.54) is 0 Å². The molecule has 1 aliphatic rings. The molecule has 7 heteroatoms. The molecule has 0 radical (unpaired) electrons. The van der Waals surface area contributed by atoms with Gasteiger partial charge in [-0.25, -0.2) is 0 Å². The first-order valence-corrected chi connectivity index (χ1v) is 8.77.